The first-order chi connectivity index (χ1) is 11.2. The number of carboxylic acid groups (broad SMARTS) is 1. The van der Waals surface area contributed by atoms with Crippen LogP contribution in [-0.2, 0) is 4.79 Å². The Morgan fingerprint density at radius 3 is 2.26 bits per heavy atom. The number of aliphatic carboxylic acids is 1. The van der Waals surface area contributed by atoms with Crippen molar-refractivity contribution in [1.82, 2.24) is 0 Å². The summed E-state index contributed by atoms with van der Waals surface area (Å²) in [5, 5.41) is 9.44. The highest BCUT2D eigenvalue weighted by Gasteiger charge is 2.19. The van der Waals surface area contributed by atoms with E-state index in [2.05, 4.69) is 0 Å². The molecule has 1 N–H and O–H groups in total. The summed E-state index contributed by atoms with van der Waals surface area (Å²) in [6, 6.07) is 16.8. The SMILES string of the molecule is CCOc1ccc(C(CCCOc2ccccc2)C(=O)O)cc1. The monoisotopic (exact) mass is 314 g/mol. The van der Waals surface area contributed by atoms with E-state index in [0.717, 1.165) is 17.1 Å². The van der Waals surface area contributed by atoms with Crippen molar-refractivity contribution in [2.24, 2.45) is 0 Å². The Kier molecular flexibility index (Phi) is 6.48. The van der Waals surface area contributed by atoms with Crippen LogP contribution in [0.2, 0.25) is 0 Å². The summed E-state index contributed by atoms with van der Waals surface area (Å²) in [4.78, 5) is 11.5. The molecule has 122 valence electrons. The summed E-state index contributed by atoms with van der Waals surface area (Å²) in [7, 11) is 0. The lowest BCUT2D eigenvalue weighted by molar-refractivity contribution is -0.139. The fraction of sp³-hybridized carbons (Fsp3) is 0.316. The van der Waals surface area contributed by atoms with Crippen LogP contribution in [0.25, 0.3) is 0 Å². The van der Waals surface area contributed by atoms with Gasteiger partial charge in [-0.1, -0.05) is 30.3 Å². The number of carboxylic acids is 1. The number of rotatable bonds is 9. The summed E-state index contributed by atoms with van der Waals surface area (Å²) in [6.07, 6.45) is 1.22. The van der Waals surface area contributed by atoms with Crippen LogP contribution < -0.4 is 9.47 Å². The molecule has 1 atom stereocenters. The van der Waals surface area contributed by atoms with E-state index >= 15 is 0 Å². The van der Waals surface area contributed by atoms with Gasteiger partial charge in [-0.05, 0) is 49.6 Å². The average Bonchev–Trinajstić information content (AvgIpc) is 2.57. The first-order valence-corrected chi connectivity index (χ1v) is 7.84. The van der Waals surface area contributed by atoms with Gasteiger partial charge in [-0.3, -0.25) is 4.79 Å². The maximum Gasteiger partial charge on any atom is 0.310 e. The van der Waals surface area contributed by atoms with Gasteiger partial charge < -0.3 is 14.6 Å². The lowest BCUT2D eigenvalue weighted by Crippen LogP contribution is -2.13. The Morgan fingerprint density at radius 2 is 1.65 bits per heavy atom. The Morgan fingerprint density at radius 1 is 1.00 bits per heavy atom. The molecule has 2 aromatic rings. The summed E-state index contributed by atoms with van der Waals surface area (Å²) < 4.78 is 11.0. The summed E-state index contributed by atoms with van der Waals surface area (Å²) >= 11 is 0. The van der Waals surface area contributed by atoms with Crippen molar-refractivity contribution in [3.05, 3.63) is 60.2 Å². The first kappa shape index (κ1) is 16.9. The molecule has 0 aliphatic carbocycles. The largest absolute Gasteiger partial charge is 0.494 e. The summed E-state index contributed by atoms with van der Waals surface area (Å²) in [5.74, 6) is 0.229. The minimum atomic E-state index is -0.811. The zero-order chi connectivity index (χ0) is 16.5. The molecule has 0 radical (unpaired) electrons. The third kappa shape index (κ3) is 5.33. The second-order valence-corrected chi connectivity index (χ2v) is 5.20. The van der Waals surface area contributed by atoms with Crippen LogP contribution in [0, 0.1) is 0 Å². The maximum atomic E-state index is 11.5. The molecule has 0 heterocycles. The Labute approximate surface area is 136 Å². The van der Waals surface area contributed by atoms with E-state index in [-0.39, 0.29) is 0 Å². The minimum absolute atomic E-state index is 0.505. The molecule has 0 amide bonds. The molecule has 23 heavy (non-hydrogen) atoms. The molecule has 1 unspecified atom stereocenters. The zero-order valence-electron chi connectivity index (χ0n) is 13.3. The van der Waals surface area contributed by atoms with Gasteiger partial charge >= 0.3 is 5.97 Å². The number of hydrogen-bond acceptors (Lipinski definition) is 3. The molecule has 0 spiro atoms. The smallest absolute Gasteiger partial charge is 0.310 e. The number of benzene rings is 2. The van der Waals surface area contributed by atoms with E-state index in [4.69, 9.17) is 9.47 Å². The quantitative estimate of drug-likeness (QED) is 0.708. The van der Waals surface area contributed by atoms with Crippen molar-refractivity contribution in [2.75, 3.05) is 13.2 Å². The van der Waals surface area contributed by atoms with Gasteiger partial charge in [0.1, 0.15) is 11.5 Å². The standard InChI is InChI=1S/C19H22O4/c1-2-22-17-12-10-15(11-13-17)18(19(20)21)9-6-14-23-16-7-4-3-5-8-16/h3-5,7-8,10-13,18H,2,6,9,14H2,1H3,(H,20,21). The molecule has 0 saturated heterocycles. The van der Waals surface area contributed by atoms with Gasteiger partial charge in [0, 0.05) is 0 Å². The zero-order valence-corrected chi connectivity index (χ0v) is 13.3. The van der Waals surface area contributed by atoms with Gasteiger partial charge in [0.05, 0.1) is 19.1 Å². The predicted molar refractivity (Wildman–Crippen MR) is 89.2 cm³/mol. The van der Waals surface area contributed by atoms with Crippen LogP contribution in [-0.4, -0.2) is 24.3 Å². The van der Waals surface area contributed by atoms with Crippen molar-refractivity contribution in [1.29, 1.82) is 0 Å². The molecule has 0 aromatic heterocycles. The number of ether oxygens (including phenoxy) is 2. The second-order valence-electron chi connectivity index (χ2n) is 5.20. The Balaban J connectivity index is 1.87. The Hall–Kier alpha value is -2.49. The van der Waals surface area contributed by atoms with Crippen molar-refractivity contribution in [2.45, 2.75) is 25.7 Å². The van der Waals surface area contributed by atoms with Gasteiger partial charge in [0.25, 0.3) is 0 Å². The van der Waals surface area contributed by atoms with E-state index in [1.165, 1.54) is 0 Å². The van der Waals surface area contributed by atoms with E-state index in [9.17, 15) is 9.90 Å². The lowest BCUT2D eigenvalue weighted by atomic mass is 9.94. The molecule has 2 rings (SSSR count). The van der Waals surface area contributed by atoms with Crippen molar-refractivity contribution < 1.29 is 19.4 Å². The fourth-order valence-corrected chi connectivity index (χ4v) is 2.39. The molecule has 4 nitrogen and oxygen atoms in total. The van der Waals surface area contributed by atoms with E-state index in [1.54, 1.807) is 0 Å². The summed E-state index contributed by atoms with van der Waals surface area (Å²) in [5.41, 5.74) is 0.792. The molecule has 0 saturated carbocycles. The van der Waals surface area contributed by atoms with Crippen molar-refractivity contribution >= 4 is 5.97 Å². The van der Waals surface area contributed by atoms with Crippen molar-refractivity contribution in [3.63, 3.8) is 0 Å². The van der Waals surface area contributed by atoms with Gasteiger partial charge in [0.15, 0.2) is 0 Å². The van der Waals surface area contributed by atoms with E-state index < -0.39 is 11.9 Å². The van der Waals surface area contributed by atoms with Crippen LogP contribution in [0.1, 0.15) is 31.2 Å². The highest BCUT2D eigenvalue weighted by Crippen LogP contribution is 2.24. The summed E-state index contributed by atoms with van der Waals surface area (Å²) in [6.45, 7) is 3.02. The predicted octanol–water partition coefficient (Wildman–Crippen LogP) is 4.11. The van der Waals surface area contributed by atoms with Crippen LogP contribution >= 0.6 is 0 Å². The van der Waals surface area contributed by atoms with Gasteiger partial charge in [-0.2, -0.15) is 0 Å². The third-order valence-electron chi connectivity index (χ3n) is 3.54. The molecular weight excluding hydrogens is 292 g/mol. The van der Waals surface area contributed by atoms with Crippen LogP contribution in [0.4, 0.5) is 0 Å². The molecule has 0 aliphatic rings. The number of hydrogen-bond donors (Lipinski definition) is 1. The number of para-hydroxylation sites is 1. The molecule has 0 fully saturated rings. The molecular formula is C19H22O4. The van der Waals surface area contributed by atoms with E-state index in [0.29, 0.717) is 26.1 Å². The number of carbonyl (C=O) groups is 1. The van der Waals surface area contributed by atoms with Crippen LogP contribution in [0.15, 0.2) is 54.6 Å². The minimum Gasteiger partial charge on any atom is -0.494 e. The molecule has 0 aliphatic heterocycles. The molecule has 4 heteroatoms. The normalized spacial score (nSPS) is 11.7. The highest BCUT2D eigenvalue weighted by atomic mass is 16.5. The first-order valence-electron chi connectivity index (χ1n) is 7.84. The van der Waals surface area contributed by atoms with Gasteiger partial charge in [-0.15, -0.1) is 0 Å². The van der Waals surface area contributed by atoms with E-state index in [1.807, 2.05) is 61.5 Å². The van der Waals surface area contributed by atoms with Crippen molar-refractivity contribution in [3.8, 4) is 11.5 Å². The van der Waals surface area contributed by atoms with Crippen LogP contribution in [0.3, 0.4) is 0 Å². The lowest BCUT2D eigenvalue weighted by Gasteiger charge is -2.14. The fourth-order valence-electron chi connectivity index (χ4n) is 2.39. The molecule has 0 bridgehead atoms. The topological polar surface area (TPSA) is 55.8 Å². The average molecular weight is 314 g/mol. The third-order valence-corrected chi connectivity index (χ3v) is 3.54. The van der Waals surface area contributed by atoms with Gasteiger partial charge in [-0.25, -0.2) is 0 Å². The Bertz CT molecular complexity index is 593. The van der Waals surface area contributed by atoms with Gasteiger partial charge in [0.2, 0.25) is 0 Å². The van der Waals surface area contributed by atoms with Crippen LogP contribution in [0.5, 0.6) is 11.5 Å². The highest BCUT2D eigenvalue weighted by molar-refractivity contribution is 5.76. The maximum absolute atomic E-state index is 11.5. The molecule has 2 aromatic carbocycles. The second kappa shape index (κ2) is 8.83.